The molecule has 0 aromatic heterocycles. The molecule has 1 aliphatic rings. The molecular weight excluding hydrogens is 382 g/mol. The number of hydrogen-bond acceptors (Lipinski definition) is 4. The predicted octanol–water partition coefficient (Wildman–Crippen LogP) is 3.21. The van der Waals surface area contributed by atoms with E-state index in [4.69, 9.17) is 16.3 Å². The molecule has 1 heterocycles. The number of halogens is 1. The summed E-state index contributed by atoms with van der Waals surface area (Å²) in [4.78, 5) is 35.7. The van der Waals surface area contributed by atoms with Crippen LogP contribution in [0.2, 0.25) is 5.02 Å². The van der Waals surface area contributed by atoms with Crippen molar-refractivity contribution < 1.29 is 19.1 Å². The van der Waals surface area contributed by atoms with Gasteiger partial charge in [0.2, 0.25) is 5.91 Å². The second kappa shape index (κ2) is 8.75. The lowest BCUT2D eigenvalue weighted by Crippen LogP contribution is -2.34. The smallest absolute Gasteiger partial charge is 0.265 e. The third kappa shape index (κ3) is 5.01. The van der Waals surface area contributed by atoms with Crippen LogP contribution < -0.4 is 20.7 Å². The number of amides is 3. The maximum absolute atomic E-state index is 12.1. The summed E-state index contributed by atoms with van der Waals surface area (Å²) in [6.45, 7) is 2.04. The van der Waals surface area contributed by atoms with Gasteiger partial charge >= 0.3 is 0 Å². The first-order valence-corrected chi connectivity index (χ1v) is 9.25. The van der Waals surface area contributed by atoms with Gasteiger partial charge in [-0.05, 0) is 55.8 Å². The van der Waals surface area contributed by atoms with E-state index < -0.39 is 6.10 Å². The van der Waals surface area contributed by atoms with Gasteiger partial charge in [0, 0.05) is 29.2 Å². The molecule has 0 radical (unpaired) electrons. The first-order valence-electron chi connectivity index (χ1n) is 8.87. The van der Waals surface area contributed by atoms with E-state index in [2.05, 4.69) is 16.0 Å². The Morgan fingerprint density at radius 1 is 1.18 bits per heavy atom. The van der Waals surface area contributed by atoms with E-state index >= 15 is 0 Å². The average Bonchev–Trinajstić information content (AvgIpc) is 2.67. The maximum Gasteiger partial charge on any atom is 0.265 e. The summed E-state index contributed by atoms with van der Waals surface area (Å²) in [6.07, 6.45) is 0.196. The molecule has 3 N–H and O–H groups in total. The molecule has 0 aliphatic carbocycles. The Hall–Kier alpha value is -3.06. The number of ether oxygens (including phenoxy) is 1. The highest BCUT2D eigenvalue weighted by atomic mass is 35.5. The summed E-state index contributed by atoms with van der Waals surface area (Å²) in [5, 5.41) is 8.83. The maximum atomic E-state index is 12.1. The third-order valence-electron chi connectivity index (χ3n) is 4.17. The number of anilines is 2. The van der Waals surface area contributed by atoms with Crippen molar-refractivity contribution in [2.24, 2.45) is 0 Å². The van der Waals surface area contributed by atoms with Crippen LogP contribution in [-0.2, 0) is 9.59 Å². The van der Waals surface area contributed by atoms with Crippen molar-refractivity contribution >= 4 is 40.7 Å². The molecule has 0 saturated heterocycles. The van der Waals surface area contributed by atoms with Crippen LogP contribution in [0.15, 0.2) is 42.5 Å². The first kappa shape index (κ1) is 19.7. The van der Waals surface area contributed by atoms with Gasteiger partial charge in [0.1, 0.15) is 5.75 Å². The molecule has 0 unspecified atom stereocenters. The summed E-state index contributed by atoms with van der Waals surface area (Å²) in [7, 11) is 0. The van der Waals surface area contributed by atoms with Crippen molar-refractivity contribution in [2.45, 2.75) is 25.9 Å². The highest BCUT2D eigenvalue weighted by Gasteiger charge is 2.23. The van der Waals surface area contributed by atoms with Crippen LogP contribution in [0.5, 0.6) is 5.75 Å². The van der Waals surface area contributed by atoms with E-state index in [1.54, 1.807) is 49.4 Å². The number of carbonyl (C=O) groups excluding carboxylic acids is 3. The average molecular weight is 402 g/mol. The lowest BCUT2D eigenvalue weighted by Gasteiger charge is -2.23. The molecule has 0 bridgehead atoms. The number of nitrogens with one attached hydrogen (secondary N) is 3. The molecule has 1 atom stereocenters. The van der Waals surface area contributed by atoms with Gasteiger partial charge in [-0.3, -0.25) is 14.4 Å². The molecule has 2 aromatic carbocycles. The fourth-order valence-corrected chi connectivity index (χ4v) is 2.79. The molecule has 7 nitrogen and oxygen atoms in total. The monoisotopic (exact) mass is 401 g/mol. The second-order valence-corrected chi connectivity index (χ2v) is 6.81. The van der Waals surface area contributed by atoms with Gasteiger partial charge in [-0.2, -0.15) is 0 Å². The van der Waals surface area contributed by atoms with Gasteiger partial charge in [-0.15, -0.1) is 0 Å². The standard InChI is InChI=1S/C20H20ClN3O4/c1-12-19(26)24-16-11-15(8-9-17(16)28-12)23-18(25)3-2-10-22-20(27)13-4-6-14(21)7-5-13/h4-9,11-12H,2-3,10H2,1H3,(H,22,27)(H,23,25)(H,24,26)/t12-/m1/s1. The zero-order valence-electron chi connectivity index (χ0n) is 15.3. The molecule has 2 aromatic rings. The van der Waals surface area contributed by atoms with E-state index in [1.807, 2.05) is 0 Å². The molecule has 0 saturated carbocycles. The van der Waals surface area contributed by atoms with Gasteiger partial charge in [-0.25, -0.2) is 0 Å². The lowest BCUT2D eigenvalue weighted by molar-refractivity contribution is -0.122. The van der Waals surface area contributed by atoms with Crippen molar-refractivity contribution in [3.63, 3.8) is 0 Å². The number of rotatable bonds is 6. The van der Waals surface area contributed by atoms with Crippen LogP contribution in [0.25, 0.3) is 0 Å². The van der Waals surface area contributed by atoms with E-state index in [1.165, 1.54) is 0 Å². The molecule has 28 heavy (non-hydrogen) atoms. The Kier molecular flexibility index (Phi) is 6.16. The minimum Gasteiger partial charge on any atom is -0.479 e. The molecule has 3 amide bonds. The fraction of sp³-hybridized carbons (Fsp3) is 0.250. The van der Waals surface area contributed by atoms with Crippen LogP contribution >= 0.6 is 11.6 Å². The van der Waals surface area contributed by atoms with Crippen molar-refractivity contribution in [2.75, 3.05) is 17.2 Å². The highest BCUT2D eigenvalue weighted by molar-refractivity contribution is 6.30. The number of benzene rings is 2. The number of fused-ring (bicyclic) bond motifs is 1. The molecule has 3 rings (SSSR count). The molecule has 1 aliphatic heterocycles. The molecule has 0 spiro atoms. The summed E-state index contributed by atoms with van der Waals surface area (Å²) >= 11 is 5.79. The van der Waals surface area contributed by atoms with Crippen LogP contribution in [0.4, 0.5) is 11.4 Å². The second-order valence-electron chi connectivity index (χ2n) is 6.37. The molecule has 146 valence electrons. The fourth-order valence-electron chi connectivity index (χ4n) is 2.66. The normalized spacial score (nSPS) is 15.1. The van der Waals surface area contributed by atoms with Gasteiger partial charge in [0.15, 0.2) is 6.10 Å². The van der Waals surface area contributed by atoms with Gasteiger partial charge < -0.3 is 20.7 Å². The summed E-state index contributed by atoms with van der Waals surface area (Å²) in [5.41, 5.74) is 1.60. The Bertz CT molecular complexity index is 899. The van der Waals surface area contributed by atoms with Crippen LogP contribution in [-0.4, -0.2) is 30.4 Å². The SMILES string of the molecule is C[C@H]1Oc2ccc(NC(=O)CCCNC(=O)c3ccc(Cl)cc3)cc2NC1=O. The zero-order valence-corrected chi connectivity index (χ0v) is 16.0. The summed E-state index contributed by atoms with van der Waals surface area (Å²) in [6, 6.07) is 11.6. The summed E-state index contributed by atoms with van der Waals surface area (Å²) < 4.78 is 5.48. The van der Waals surface area contributed by atoms with Crippen molar-refractivity contribution in [3.8, 4) is 5.75 Å². The minimum absolute atomic E-state index is 0.183. The third-order valence-corrected chi connectivity index (χ3v) is 4.42. The highest BCUT2D eigenvalue weighted by Crippen LogP contribution is 2.32. The Balaban J connectivity index is 1.43. The van der Waals surface area contributed by atoms with Crippen molar-refractivity contribution in [1.29, 1.82) is 0 Å². The Morgan fingerprint density at radius 3 is 2.68 bits per heavy atom. The van der Waals surface area contributed by atoms with Crippen molar-refractivity contribution in [1.82, 2.24) is 5.32 Å². The Labute approximate surface area is 167 Å². The first-order chi connectivity index (χ1) is 13.4. The largest absolute Gasteiger partial charge is 0.479 e. The van der Waals surface area contributed by atoms with Crippen LogP contribution in [0.1, 0.15) is 30.1 Å². The summed E-state index contributed by atoms with van der Waals surface area (Å²) in [5.74, 6) is -0.0590. The molecule has 0 fully saturated rings. The van der Waals surface area contributed by atoms with Crippen LogP contribution in [0.3, 0.4) is 0 Å². The van der Waals surface area contributed by atoms with E-state index in [9.17, 15) is 14.4 Å². The topological polar surface area (TPSA) is 96.5 Å². The number of carbonyl (C=O) groups is 3. The van der Waals surface area contributed by atoms with E-state index in [0.717, 1.165) is 0 Å². The predicted molar refractivity (Wildman–Crippen MR) is 107 cm³/mol. The minimum atomic E-state index is -0.545. The van der Waals surface area contributed by atoms with Crippen LogP contribution in [0, 0.1) is 0 Å². The van der Waals surface area contributed by atoms with E-state index in [0.29, 0.717) is 40.7 Å². The van der Waals surface area contributed by atoms with Gasteiger partial charge in [-0.1, -0.05) is 11.6 Å². The van der Waals surface area contributed by atoms with Gasteiger partial charge in [0.25, 0.3) is 11.8 Å². The number of hydrogen-bond donors (Lipinski definition) is 3. The quantitative estimate of drug-likeness (QED) is 0.647. The Morgan fingerprint density at radius 2 is 1.93 bits per heavy atom. The zero-order chi connectivity index (χ0) is 20.1. The lowest BCUT2D eigenvalue weighted by atomic mass is 10.2. The molecule has 8 heteroatoms. The van der Waals surface area contributed by atoms with Gasteiger partial charge in [0.05, 0.1) is 5.69 Å². The van der Waals surface area contributed by atoms with E-state index in [-0.39, 0.29) is 24.1 Å². The molecular formula is C20H20ClN3O4. The van der Waals surface area contributed by atoms with Crippen molar-refractivity contribution in [3.05, 3.63) is 53.1 Å².